The quantitative estimate of drug-likeness (QED) is 0.910. The Bertz CT molecular complexity index is 513. The van der Waals surface area contributed by atoms with Crippen molar-refractivity contribution in [2.45, 2.75) is 13.3 Å². The average Bonchev–Trinajstić information content (AvgIpc) is 2.78. The summed E-state index contributed by atoms with van der Waals surface area (Å²) in [5.74, 6) is -1.76. The zero-order valence-corrected chi connectivity index (χ0v) is 10.0. The average molecular weight is 255 g/mol. The summed E-state index contributed by atoms with van der Waals surface area (Å²) in [5.41, 5.74) is 0.145. The predicted molar refractivity (Wildman–Crippen MR) is 64.0 cm³/mol. The van der Waals surface area contributed by atoms with E-state index in [2.05, 4.69) is 15.5 Å². The molecular formula is C11H11F2N3S. The molecule has 0 aliphatic heterocycles. The van der Waals surface area contributed by atoms with Gasteiger partial charge in [-0.1, -0.05) is 24.3 Å². The molecule has 0 fully saturated rings. The molecule has 1 heterocycles. The van der Waals surface area contributed by atoms with E-state index in [1.807, 2.05) is 6.92 Å². The third-order valence-electron chi connectivity index (χ3n) is 2.13. The molecule has 1 aromatic heterocycles. The van der Waals surface area contributed by atoms with Crippen molar-refractivity contribution >= 4 is 16.5 Å². The van der Waals surface area contributed by atoms with Gasteiger partial charge in [-0.2, -0.15) is 0 Å². The van der Waals surface area contributed by atoms with Gasteiger partial charge in [-0.25, -0.2) is 8.78 Å². The Morgan fingerprint density at radius 1 is 1.29 bits per heavy atom. The van der Waals surface area contributed by atoms with Crippen LogP contribution in [0, 0.1) is 11.6 Å². The van der Waals surface area contributed by atoms with E-state index in [0.717, 1.165) is 19.0 Å². The number of hydrogen-bond acceptors (Lipinski definition) is 4. The largest absolute Gasteiger partial charge is 0.360 e. The number of aromatic nitrogens is 2. The molecule has 0 amide bonds. The van der Waals surface area contributed by atoms with Gasteiger partial charge in [0, 0.05) is 6.54 Å². The fraction of sp³-hybridized carbons (Fsp3) is 0.273. The summed E-state index contributed by atoms with van der Waals surface area (Å²) in [4.78, 5) is 0. The fourth-order valence-electron chi connectivity index (χ4n) is 1.30. The number of anilines is 1. The van der Waals surface area contributed by atoms with E-state index in [9.17, 15) is 8.78 Å². The van der Waals surface area contributed by atoms with Crippen molar-refractivity contribution in [1.82, 2.24) is 10.2 Å². The number of nitrogens with one attached hydrogen (secondary N) is 1. The normalized spacial score (nSPS) is 10.5. The first-order valence-corrected chi connectivity index (χ1v) is 6.05. The standard InChI is InChI=1S/C11H11F2N3S/c1-2-6-14-11-16-15-10(17-11)7-4-3-5-8(12)9(7)13/h3-5H,2,6H2,1H3,(H,14,16). The second kappa shape index (κ2) is 5.18. The summed E-state index contributed by atoms with van der Waals surface area (Å²) in [5, 5.41) is 11.7. The van der Waals surface area contributed by atoms with E-state index in [1.54, 1.807) is 0 Å². The highest BCUT2D eigenvalue weighted by atomic mass is 32.1. The first-order chi connectivity index (χ1) is 8.22. The number of hydrogen-bond donors (Lipinski definition) is 1. The van der Waals surface area contributed by atoms with Crippen LogP contribution in [0.25, 0.3) is 10.6 Å². The molecule has 2 aromatic rings. The molecule has 90 valence electrons. The minimum absolute atomic E-state index is 0.145. The van der Waals surface area contributed by atoms with Crippen molar-refractivity contribution in [1.29, 1.82) is 0 Å². The SMILES string of the molecule is CCCNc1nnc(-c2cccc(F)c2F)s1. The Morgan fingerprint density at radius 2 is 2.12 bits per heavy atom. The topological polar surface area (TPSA) is 37.8 Å². The van der Waals surface area contributed by atoms with Crippen LogP contribution >= 0.6 is 11.3 Å². The van der Waals surface area contributed by atoms with E-state index in [0.29, 0.717) is 10.1 Å². The highest BCUT2D eigenvalue weighted by Crippen LogP contribution is 2.29. The summed E-state index contributed by atoms with van der Waals surface area (Å²) >= 11 is 1.21. The first-order valence-electron chi connectivity index (χ1n) is 5.24. The van der Waals surface area contributed by atoms with Crippen molar-refractivity contribution in [2.24, 2.45) is 0 Å². The van der Waals surface area contributed by atoms with Crippen molar-refractivity contribution in [3.63, 3.8) is 0 Å². The molecule has 1 N–H and O–H groups in total. The van der Waals surface area contributed by atoms with E-state index in [4.69, 9.17) is 0 Å². The first kappa shape index (κ1) is 11.9. The lowest BCUT2D eigenvalue weighted by Crippen LogP contribution is -1.98. The Hall–Kier alpha value is -1.56. The Morgan fingerprint density at radius 3 is 2.88 bits per heavy atom. The molecule has 0 saturated heterocycles. The summed E-state index contributed by atoms with van der Waals surface area (Å²) in [7, 11) is 0. The van der Waals surface area contributed by atoms with Crippen LogP contribution in [0.3, 0.4) is 0 Å². The summed E-state index contributed by atoms with van der Waals surface area (Å²) in [6.07, 6.45) is 0.962. The van der Waals surface area contributed by atoms with Crippen molar-refractivity contribution < 1.29 is 8.78 Å². The molecule has 3 nitrogen and oxygen atoms in total. The summed E-state index contributed by atoms with van der Waals surface area (Å²) in [6, 6.07) is 4.02. The van der Waals surface area contributed by atoms with E-state index >= 15 is 0 Å². The predicted octanol–water partition coefficient (Wildman–Crippen LogP) is 3.31. The lowest BCUT2D eigenvalue weighted by atomic mass is 10.2. The molecule has 0 spiro atoms. The molecule has 2 rings (SSSR count). The van der Waals surface area contributed by atoms with Crippen LogP contribution < -0.4 is 5.32 Å². The molecule has 0 radical (unpaired) electrons. The van der Waals surface area contributed by atoms with Gasteiger partial charge < -0.3 is 5.32 Å². The Balaban J connectivity index is 2.27. The van der Waals surface area contributed by atoms with Crippen molar-refractivity contribution in [3.05, 3.63) is 29.8 Å². The van der Waals surface area contributed by atoms with Crippen LogP contribution in [0.15, 0.2) is 18.2 Å². The van der Waals surface area contributed by atoms with Gasteiger partial charge in [0.1, 0.15) is 0 Å². The van der Waals surface area contributed by atoms with Gasteiger partial charge in [0.15, 0.2) is 16.6 Å². The molecular weight excluding hydrogens is 244 g/mol. The molecule has 0 aliphatic carbocycles. The van der Waals surface area contributed by atoms with E-state index in [1.165, 1.54) is 23.5 Å². The van der Waals surface area contributed by atoms with Gasteiger partial charge in [-0.15, -0.1) is 10.2 Å². The molecule has 0 atom stereocenters. The van der Waals surface area contributed by atoms with Crippen LogP contribution in [0.1, 0.15) is 13.3 Å². The van der Waals surface area contributed by atoms with Gasteiger partial charge in [0.2, 0.25) is 5.13 Å². The molecule has 1 aromatic carbocycles. The second-order valence-corrected chi connectivity index (χ2v) is 4.42. The van der Waals surface area contributed by atoms with Crippen LogP contribution in [-0.4, -0.2) is 16.7 Å². The smallest absolute Gasteiger partial charge is 0.206 e. The summed E-state index contributed by atoms with van der Waals surface area (Å²) < 4.78 is 26.5. The molecule has 0 aliphatic rings. The van der Waals surface area contributed by atoms with E-state index in [-0.39, 0.29) is 5.56 Å². The monoisotopic (exact) mass is 255 g/mol. The number of halogens is 2. The third-order valence-corrected chi connectivity index (χ3v) is 3.05. The third kappa shape index (κ3) is 2.58. The zero-order chi connectivity index (χ0) is 12.3. The molecule has 6 heteroatoms. The highest BCUT2D eigenvalue weighted by molar-refractivity contribution is 7.18. The maximum absolute atomic E-state index is 13.5. The molecule has 0 unspecified atom stereocenters. The van der Waals surface area contributed by atoms with Crippen LogP contribution in [0.2, 0.25) is 0 Å². The maximum atomic E-state index is 13.5. The minimum atomic E-state index is -0.884. The maximum Gasteiger partial charge on any atom is 0.206 e. The molecule has 0 saturated carbocycles. The lowest BCUT2D eigenvalue weighted by Gasteiger charge is -1.98. The van der Waals surface area contributed by atoms with Crippen LogP contribution in [0.4, 0.5) is 13.9 Å². The van der Waals surface area contributed by atoms with Gasteiger partial charge in [0.05, 0.1) is 5.56 Å². The fourth-order valence-corrected chi connectivity index (χ4v) is 2.09. The van der Waals surface area contributed by atoms with Crippen LogP contribution in [-0.2, 0) is 0 Å². The van der Waals surface area contributed by atoms with Crippen molar-refractivity contribution in [2.75, 3.05) is 11.9 Å². The number of benzene rings is 1. The number of rotatable bonds is 4. The lowest BCUT2D eigenvalue weighted by molar-refractivity contribution is 0.511. The summed E-state index contributed by atoms with van der Waals surface area (Å²) in [6.45, 7) is 2.81. The van der Waals surface area contributed by atoms with Crippen molar-refractivity contribution in [3.8, 4) is 10.6 Å². The van der Waals surface area contributed by atoms with Gasteiger partial charge >= 0.3 is 0 Å². The highest BCUT2D eigenvalue weighted by Gasteiger charge is 2.13. The Kier molecular flexibility index (Phi) is 3.63. The second-order valence-electron chi connectivity index (χ2n) is 3.44. The minimum Gasteiger partial charge on any atom is -0.360 e. The van der Waals surface area contributed by atoms with Gasteiger partial charge in [0.25, 0.3) is 0 Å². The zero-order valence-electron chi connectivity index (χ0n) is 9.20. The van der Waals surface area contributed by atoms with Gasteiger partial charge in [-0.05, 0) is 18.6 Å². The van der Waals surface area contributed by atoms with Crippen LogP contribution in [0.5, 0.6) is 0 Å². The van der Waals surface area contributed by atoms with Gasteiger partial charge in [-0.3, -0.25) is 0 Å². The molecule has 0 bridgehead atoms. The Labute approximate surface area is 102 Å². The number of nitrogens with zero attached hydrogens (tertiary/aromatic N) is 2. The van der Waals surface area contributed by atoms with E-state index < -0.39 is 11.6 Å². The molecule has 17 heavy (non-hydrogen) atoms.